The highest BCUT2D eigenvalue weighted by molar-refractivity contribution is 6.46. The molecule has 3 heterocycles. The molecule has 200 valence electrons. The molecular weight excluding hydrogens is 492 g/mol. The summed E-state index contributed by atoms with van der Waals surface area (Å²) in [6, 6.07) is 10.6. The van der Waals surface area contributed by atoms with Crippen LogP contribution in [0.4, 0.5) is 0 Å². The molecule has 3 aliphatic heterocycles. The van der Waals surface area contributed by atoms with Gasteiger partial charge in [0, 0.05) is 31.7 Å². The molecule has 1 atom stereocenters. The zero-order valence-electron chi connectivity index (χ0n) is 21.2. The minimum atomic E-state index is -0.820. The topological polar surface area (TPSA) is 115 Å². The summed E-state index contributed by atoms with van der Waals surface area (Å²) in [5.41, 5.74) is 1.27. The Bertz CT molecular complexity index is 1250. The van der Waals surface area contributed by atoms with Gasteiger partial charge in [-0.05, 0) is 42.3 Å². The molecule has 5 rings (SSSR count). The number of fused-ring (bicyclic) bond motifs is 1. The van der Waals surface area contributed by atoms with Crippen molar-refractivity contribution in [3.05, 3.63) is 64.7 Å². The van der Waals surface area contributed by atoms with E-state index in [9.17, 15) is 19.5 Å². The van der Waals surface area contributed by atoms with Crippen molar-refractivity contribution in [2.75, 3.05) is 59.7 Å². The Kier molecular flexibility index (Phi) is 7.62. The molecule has 0 bridgehead atoms. The molecule has 0 aliphatic carbocycles. The van der Waals surface area contributed by atoms with Gasteiger partial charge in [-0.2, -0.15) is 0 Å². The molecule has 10 nitrogen and oxygen atoms in total. The summed E-state index contributed by atoms with van der Waals surface area (Å²) < 4.78 is 21.4. The van der Waals surface area contributed by atoms with Crippen LogP contribution in [0.15, 0.2) is 48.0 Å². The number of aliphatic hydroxyl groups excluding tert-OH is 1. The summed E-state index contributed by atoms with van der Waals surface area (Å²) in [4.78, 5) is 42.3. The lowest BCUT2D eigenvalue weighted by Crippen LogP contribution is -2.39. The van der Waals surface area contributed by atoms with Crippen molar-refractivity contribution in [2.24, 2.45) is 0 Å². The fraction of sp³-hybridized carbons (Fsp3) is 0.393. The van der Waals surface area contributed by atoms with Crippen molar-refractivity contribution in [1.29, 1.82) is 0 Å². The summed E-state index contributed by atoms with van der Waals surface area (Å²) >= 11 is 0. The van der Waals surface area contributed by atoms with Crippen LogP contribution >= 0.6 is 0 Å². The Morgan fingerprint density at radius 3 is 2.34 bits per heavy atom. The first-order chi connectivity index (χ1) is 18.5. The van der Waals surface area contributed by atoms with E-state index in [2.05, 4.69) is 4.90 Å². The summed E-state index contributed by atoms with van der Waals surface area (Å²) in [6.07, 6.45) is 0.647. The van der Waals surface area contributed by atoms with E-state index in [-0.39, 0.29) is 11.3 Å². The molecule has 2 saturated heterocycles. The van der Waals surface area contributed by atoms with Crippen molar-refractivity contribution in [1.82, 2.24) is 9.80 Å². The van der Waals surface area contributed by atoms with Gasteiger partial charge < -0.3 is 29.0 Å². The number of ketones is 1. The van der Waals surface area contributed by atoms with E-state index in [1.54, 1.807) is 42.5 Å². The van der Waals surface area contributed by atoms with Crippen LogP contribution in [0.25, 0.3) is 5.76 Å². The fourth-order valence-electron chi connectivity index (χ4n) is 5.01. The number of Topliss-reactive ketones (excluding diaryl/α,β-unsaturated/α-hetero) is 1. The molecule has 0 unspecified atom stereocenters. The highest BCUT2D eigenvalue weighted by atomic mass is 16.6. The minimum Gasteiger partial charge on any atom is -0.507 e. The Morgan fingerprint density at radius 2 is 1.63 bits per heavy atom. The van der Waals surface area contributed by atoms with Crippen LogP contribution in [0.2, 0.25) is 0 Å². The number of ether oxygens (including phenoxy) is 4. The molecule has 2 aromatic rings. The number of hydrogen-bond acceptors (Lipinski definition) is 9. The molecule has 0 aromatic heterocycles. The van der Waals surface area contributed by atoms with Crippen LogP contribution in [-0.2, 0) is 19.1 Å². The van der Waals surface area contributed by atoms with E-state index in [1.165, 1.54) is 12.0 Å². The summed E-state index contributed by atoms with van der Waals surface area (Å²) in [6.45, 7) is 4.86. The number of aliphatic hydroxyl groups is 1. The first-order valence-corrected chi connectivity index (χ1v) is 12.6. The zero-order chi connectivity index (χ0) is 26.6. The molecule has 10 heteroatoms. The maximum Gasteiger partial charge on any atom is 0.337 e. The standard InChI is InChI=1S/C28H30N2O8/c1-35-28(34)19-5-3-18(4-6-19)24-23(25(31)20-7-8-21-22(17-20)38-16-15-37-21)26(32)27(33)30(24)10-2-9-29-11-13-36-14-12-29/h3-8,17,24,31H,2,9-16H2,1H3/b25-23+/t24-/m1/s1. The Balaban J connectivity index is 1.49. The number of benzene rings is 2. The number of hydrogen-bond donors (Lipinski definition) is 1. The van der Waals surface area contributed by atoms with E-state index in [1.807, 2.05) is 0 Å². The van der Waals surface area contributed by atoms with Crippen LogP contribution in [0.1, 0.15) is 33.9 Å². The van der Waals surface area contributed by atoms with Crippen molar-refractivity contribution in [2.45, 2.75) is 12.5 Å². The highest BCUT2D eigenvalue weighted by Gasteiger charge is 2.46. The van der Waals surface area contributed by atoms with Crippen LogP contribution < -0.4 is 9.47 Å². The van der Waals surface area contributed by atoms with Gasteiger partial charge in [0.15, 0.2) is 11.5 Å². The number of likely N-dealkylation sites (tertiary alicyclic amines) is 1. The maximum atomic E-state index is 13.3. The van der Waals surface area contributed by atoms with Crippen molar-refractivity contribution >= 4 is 23.4 Å². The third-order valence-corrected chi connectivity index (χ3v) is 6.98. The van der Waals surface area contributed by atoms with Gasteiger partial charge in [-0.3, -0.25) is 14.5 Å². The number of carbonyl (C=O) groups excluding carboxylic acids is 3. The normalized spacial score (nSPS) is 21.0. The average molecular weight is 523 g/mol. The fourth-order valence-corrected chi connectivity index (χ4v) is 5.01. The lowest BCUT2D eigenvalue weighted by atomic mass is 9.94. The molecule has 1 N–H and O–H groups in total. The molecular formula is C28H30N2O8. The van der Waals surface area contributed by atoms with E-state index in [4.69, 9.17) is 18.9 Å². The molecule has 3 aliphatic rings. The van der Waals surface area contributed by atoms with Crippen LogP contribution in [0.3, 0.4) is 0 Å². The van der Waals surface area contributed by atoms with Gasteiger partial charge in [0.05, 0.1) is 37.5 Å². The van der Waals surface area contributed by atoms with Gasteiger partial charge >= 0.3 is 5.97 Å². The quantitative estimate of drug-likeness (QED) is 0.253. The minimum absolute atomic E-state index is 0.0103. The molecule has 0 saturated carbocycles. The van der Waals surface area contributed by atoms with Crippen LogP contribution in [0, 0.1) is 0 Å². The van der Waals surface area contributed by atoms with E-state index < -0.39 is 23.7 Å². The number of morpholine rings is 1. The average Bonchev–Trinajstić information content (AvgIpc) is 3.21. The SMILES string of the molecule is COC(=O)c1ccc([C@@H]2/C(=C(\O)c3ccc4c(c3)OCCO4)C(=O)C(=O)N2CCCN2CCOCC2)cc1. The van der Waals surface area contributed by atoms with E-state index in [0.717, 1.165) is 19.6 Å². The number of carbonyl (C=O) groups is 3. The van der Waals surface area contributed by atoms with Crippen LogP contribution in [-0.4, -0.2) is 92.3 Å². The number of amides is 1. The van der Waals surface area contributed by atoms with Crippen molar-refractivity contribution < 1.29 is 38.4 Å². The molecule has 1 amide bonds. The first-order valence-electron chi connectivity index (χ1n) is 12.6. The second kappa shape index (κ2) is 11.2. The van der Waals surface area contributed by atoms with Gasteiger partial charge in [0.2, 0.25) is 0 Å². The predicted molar refractivity (Wildman–Crippen MR) is 136 cm³/mol. The molecule has 38 heavy (non-hydrogen) atoms. The Morgan fingerprint density at radius 1 is 0.947 bits per heavy atom. The molecule has 2 aromatic carbocycles. The van der Waals surface area contributed by atoms with Gasteiger partial charge in [-0.15, -0.1) is 0 Å². The second-order valence-corrected chi connectivity index (χ2v) is 9.27. The smallest absolute Gasteiger partial charge is 0.337 e. The first kappa shape index (κ1) is 25.7. The van der Waals surface area contributed by atoms with Crippen molar-refractivity contribution in [3.63, 3.8) is 0 Å². The van der Waals surface area contributed by atoms with E-state index in [0.29, 0.717) is 67.6 Å². The Hall–Kier alpha value is -3.89. The number of esters is 1. The highest BCUT2D eigenvalue weighted by Crippen LogP contribution is 2.41. The number of nitrogens with zero attached hydrogens (tertiary/aromatic N) is 2. The third-order valence-electron chi connectivity index (χ3n) is 6.98. The third kappa shape index (κ3) is 5.09. The lowest BCUT2D eigenvalue weighted by molar-refractivity contribution is -0.140. The van der Waals surface area contributed by atoms with E-state index >= 15 is 0 Å². The van der Waals surface area contributed by atoms with Gasteiger partial charge in [-0.1, -0.05) is 12.1 Å². The van der Waals surface area contributed by atoms with Crippen LogP contribution in [0.5, 0.6) is 11.5 Å². The van der Waals surface area contributed by atoms with Gasteiger partial charge in [-0.25, -0.2) is 4.79 Å². The lowest BCUT2D eigenvalue weighted by Gasteiger charge is -2.29. The zero-order valence-corrected chi connectivity index (χ0v) is 21.2. The van der Waals surface area contributed by atoms with Gasteiger partial charge in [0.1, 0.15) is 19.0 Å². The second-order valence-electron chi connectivity index (χ2n) is 9.27. The summed E-state index contributed by atoms with van der Waals surface area (Å²) in [7, 11) is 1.30. The molecule has 0 radical (unpaired) electrons. The number of methoxy groups -OCH3 is 1. The van der Waals surface area contributed by atoms with Gasteiger partial charge in [0.25, 0.3) is 11.7 Å². The molecule has 0 spiro atoms. The summed E-state index contributed by atoms with van der Waals surface area (Å²) in [5.74, 6) is -1.21. The Labute approximate surface area is 220 Å². The van der Waals surface area contributed by atoms with Crippen molar-refractivity contribution in [3.8, 4) is 11.5 Å². The predicted octanol–water partition coefficient (Wildman–Crippen LogP) is 2.39. The monoisotopic (exact) mass is 522 g/mol. The number of rotatable bonds is 7. The maximum absolute atomic E-state index is 13.3. The summed E-state index contributed by atoms with van der Waals surface area (Å²) in [5, 5.41) is 11.4. The largest absolute Gasteiger partial charge is 0.507 e. The molecule has 2 fully saturated rings.